The lowest BCUT2D eigenvalue weighted by Gasteiger charge is -2.31. The number of β-amino-alcohol motifs (C(OH)–C–C–N with tert-alkyl or cyclic N) is 1. The quantitative estimate of drug-likeness (QED) is 0.776. The first-order valence-corrected chi connectivity index (χ1v) is 9.51. The Bertz CT molecular complexity index is 520. The summed E-state index contributed by atoms with van der Waals surface area (Å²) in [5.41, 5.74) is 0. The van der Waals surface area contributed by atoms with Crippen LogP contribution < -0.4 is 0 Å². The number of halogens is 2. The number of aromatic hydroxyl groups is 1. The van der Waals surface area contributed by atoms with Crippen molar-refractivity contribution in [2.45, 2.75) is 33.3 Å². The van der Waals surface area contributed by atoms with E-state index >= 15 is 0 Å². The van der Waals surface area contributed by atoms with Gasteiger partial charge in [0, 0.05) is 19.6 Å². The Morgan fingerprint density at radius 1 is 1.23 bits per heavy atom. The zero-order valence-electron chi connectivity index (χ0n) is 15.9. The number of aliphatic hydroxyl groups is 1. The number of aliphatic hydroxyl groups excluding tert-OH is 1. The summed E-state index contributed by atoms with van der Waals surface area (Å²) in [4.78, 5) is 14.5. The highest BCUT2D eigenvalue weighted by Crippen LogP contribution is 2.25. The minimum absolute atomic E-state index is 0.0324. The first kappa shape index (κ1) is 24.8. The van der Waals surface area contributed by atoms with Crippen LogP contribution in [0.15, 0.2) is 18.2 Å². The van der Waals surface area contributed by atoms with Crippen LogP contribution in [0, 0.1) is 0 Å². The number of nitrogens with zero attached hydrogens (tertiary/aromatic N) is 2. The van der Waals surface area contributed by atoms with E-state index in [1.54, 1.807) is 11.0 Å². The van der Waals surface area contributed by atoms with E-state index in [2.05, 4.69) is 4.90 Å². The van der Waals surface area contributed by atoms with Gasteiger partial charge in [-0.2, -0.15) is 0 Å². The van der Waals surface area contributed by atoms with Crippen molar-refractivity contribution in [1.29, 1.82) is 0 Å². The molecule has 0 atom stereocenters. The Balaban J connectivity index is 0.000000350. The number of phenols is 1. The Labute approximate surface area is 166 Å². The van der Waals surface area contributed by atoms with E-state index < -0.39 is 0 Å². The summed E-state index contributed by atoms with van der Waals surface area (Å²) in [6.07, 6.45) is 0.821. The highest BCUT2D eigenvalue weighted by molar-refractivity contribution is 6.42. The Morgan fingerprint density at radius 2 is 1.85 bits per heavy atom. The van der Waals surface area contributed by atoms with Crippen molar-refractivity contribution in [3.63, 3.8) is 0 Å². The second-order valence-electron chi connectivity index (χ2n) is 5.57. The molecule has 150 valence electrons. The number of cyclic esters (lactones) is 1. The smallest absolute Gasteiger partial charge is 0.409 e. The van der Waals surface area contributed by atoms with Crippen LogP contribution in [0.1, 0.15) is 27.2 Å². The highest BCUT2D eigenvalue weighted by atomic mass is 35.5. The number of benzene rings is 1. The molecule has 2 saturated heterocycles. The molecule has 0 unspecified atom stereocenters. The first-order valence-electron chi connectivity index (χ1n) is 8.75. The molecule has 0 radical (unpaired) electrons. The second kappa shape index (κ2) is 13.9. The maximum absolute atomic E-state index is 10.7. The molecule has 2 aliphatic heterocycles. The number of carbonyl (C=O) groups excluding carboxylic acids is 1. The molecule has 3 rings (SSSR count). The molecule has 2 heterocycles. The van der Waals surface area contributed by atoms with Gasteiger partial charge >= 0.3 is 6.09 Å². The molecule has 2 N–H and O–H groups in total. The average Bonchev–Trinajstić information content (AvgIpc) is 2.99. The summed E-state index contributed by atoms with van der Waals surface area (Å²) in [5, 5.41) is 18.2. The fourth-order valence-electron chi connectivity index (χ4n) is 2.05. The van der Waals surface area contributed by atoms with Gasteiger partial charge in [-0.3, -0.25) is 0 Å². The molecular weight excluding hydrogens is 379 g/mol. The third-order valence-electron chi connectivity index (χ3n) is 3.29. The maximum Gasteiger partial charge on any atom is 0.409 e. The number of ether oxygens (including phenoxy) is 1. The lowest BCUT2D eigenvalue weighted by Crippen LogP contribution is -2.47. The van der Waals surface area contributed by atoms with E-state index in [1.165, 1.54) is 12.1 Å². The summed E-state index contributed by atoms with van der Waals surface area (Å²) in [7, 11) is 1.99. The fourth-order valence-corrected chi connectivity index (χ4v) is 2.34. The number of carbonyl (C=O) groups is 1. The van der Waals surface area contributed by atoms with Crippen molar-refractivity contribution < 1.29 is 19.7 Å². The van der Waals surface area contributed by atoms with Gasteiger partial charge in [-0.1, -0.05) is 44.0 Å². The molecule has 0 saturated carbocycles. The van der Waals surface area contributed by atoms with Crippen molar-refractivity contribution in [2.24, 2.45) is 0 Å². The average molecular weight is 409 g/mol. The van der Waals surface area contributed by atoms with Gasteiger partial charge in [-0.25, -0.2) is 4.79 Å². The molecule has 0 aromatic heterocycles. The van der Waals surface area contributed by atoms with Gasteiger partial charge in [-0.15, -0.1) is 0 Å². The van der Waals surface area contributed by atoms with Crippen LogP contribution in [-0.2, 0) is 4.74 Å². The van der Waals surface area contributed by atoms with Crippen molar-refractivity contribution in [3.05, 3.63) is 28.2 Å². The standard InChI is InChI=1S/C6H4Cl2O.C6H11NO2.C4H9NO.C2H6/c7-5-2-1-4(9)3-6(5)8;1-2-3-7-4-5-9-6(7)8;1-5-2-4(6)3-5;1-2/h1-3,9H;2-5H2,1H3;4,6H,2-3H2,1H3;1-2H3. The van der Waals surface area contributed by atoms with Crippen molar-refractivity contribution in [2.75, 3.05) is 39.8 Å². The van der Waals surface area contributed by atoms with Crippen LogP contribution in [0.2, 0.25) is 10.0 Å². The lowest BCUT2D eigenvalue weighted by molar-refractivity contribution is 0.0196. The number of likely N-dealkylation sites (N-methyl/N-ethyl adjacent to an activating group) is 1. The fraction of sp³-hybridized carbons (Fsp3) is 0.611. The van der Waals surface area contributed by atoms with Gasteiger partial charge in [0.25, 0.3) is 0 Å². The van der Waals surface area contributed by atoms with Crippen LogP contribution in [0.5, 0.6) is 5.75 Å². The van der Waals surface area contributed by atoms with E-state index in [9.17, 15) is 4.79 Å². The maximum atomic E-state index is 10.7. The van der Waals surface area contributed by atoms with E-state index in [0.717, 1.165) is 32.6 Å². The summed E-state index contributed by atoms with van der Waals surface area (Å²) in [5.74, 6) is 0.129. The summed E-state index contributed by atoms with van der Waals surface area (Å²) >= 11 is 11.1. The minimum Gasteiger partial charge on any atom is -0.508 e. The molecule has 0 aliphatic carbocycles. The van der Waals surface area contributed by atoms with E-state index in [-0.39, 0.29) is 17.9 Å². The predicted octanol–water partition coefficient (Wildman–Crippen LogP) is 3.87. The number of hydrogen-bond donors (Lipinski definition) is 2. The normalized spacial score (nSPS) is 16.1. The molecule has 1 aromatic carbocycles. The molecule has 1 aromatic rings. The number of likely N-dealkylation sites (tertiary alicyclic amines) is 1. The first-order chi connectivity index (χ1) is 12.3. The zero-order valence-corrected chi connectivity index (χ0v) is 17.4. The number of amides is 1. The van der Waals surface area contributed by atoms with Crippen molar-refractivity contribution in [1.82, 2.24) is 9.80 Å². The number of phenolic OH excluding ortho intramolecular Hbond substituents is 1. The van der Waals surface area contributed by atoms with Gasteiger partial charge in [0.05, 0.1) is 22.7 Å². The molecule has 2 fully saturated rings. The van der Waals surface area contributed by atoms with Crippen LogP contribution >= 0.6 is 23.2 Å². The minimum atomic E-state index is -0.156. The lowest BCUT2D eigenvalue weighted by atomic mass is 10.2. The summed E-state index contributed by atoms with van der Waals surface area (Å²) < 4.78 is 4.70. The number of rotatable bonds is 2. The van der Waals surface area contributed by atoms with E-state index in [1.807, 2.05) is 27.8 Å². The molecular formula is C18H30Cl2N2O4. The topological polar surface area (TPSA) is 73.2 Å². The highest BCUT2D eigenvalue weighted by Gasteiger charge is 2.20. The van der Waals surface area contributed by atoms with Gasteiger partial charge < -0.3 is 24.7 Å². The Morgan fingerprint density at radius 3 is 2.15 bits per heavy atom. The van der Waals surface area contributed by atoms with Crippen LogP contribution in [0.25, 0.3) is 0 Å². The Kier molecular flexibility index (Phi) is 13.3. The van der Waals surface area contributed by atoms with Gasteiger partial charge in [0.15, 0.2) is 0 Å². The molecule has 0 bridgehead atoms. The molecule has 0 spiro atoms. The second-order valence-corrected chi connectivity index (χ2v) is 6.39. The summed E-state index contributed by atoms with van der Waals surface area (Å²) in [6.45, 7) is 9.94. The van der Waals surface area contributed by atoms with Crippen molar-refractivity contribution >= 4 is 29.3 Å². The van der Waals surface area contributed by atoms with Gasteiger partial charge in [-0.05, 0) is 31.7 Å². The van der Waals surface area contributed by atoms with E-state index in [4.69, 9.17) is 38.2 Å². The van der Waals surface area contributed by atoms with Crippen LogP contribution in [0.4, 0.5) is 4.79 Å². The van der Waals surface area contributed by atoms with Crippen LogP contribution in [0.3, 0.4) is 0 Å². The zero-order chi connectivity index (χ0) is 20.1. The Hall–Kier alpha value is -1.21. The van der Waals surface area contributed by atoms with E-state index in [0.29, 0.717) is 16.7 Å². The monoisotopic (exact) mass is 408 g/mol. The predicted molar refractivity (Wildman–Crippen MR) is 106 cm³/mol. The van der Waals surface area contributed by atoms with Crippen LogP contribution in [-0.4, -0.2) is 72.0 Å². The summed E-state index contributed by atoms with van der Waals surface area (Å²) in [6, 6.07) is 4.41. The molecule has 26 heavy (non-hydrogen) atoms. The third-order valence-corrected chi connectivity index (χ3v) is 4.03. The SMILES string of the molecule is CC.CCCN1CCOC1=O.CN1CC(O)C1.Oc1ccc(Cl)c(Cl)c1. The molecule has 2 aliphatic rings. The molecule has 6 nitrogen and oxygen atoms in total. The van der Waals surface area contributed by atoms with Gasteiger partial charge in [0.2, 0.25) is 0 Å². The molecule has 8 heteroatoms. The third kappa shape index (κ3) is 10.1. The van der Waals surface area contributed by atoms with Gasteiger partial charge in [0.1, 0.15) is 12.4 Å². The van der Waals surface area contributed by atoms with Crippen molar-refractivity contribution in [3.8, 4) is 5.75 Å². The number of hydrogen-bond acceptors (Lipinski definition) is 5. The molecule has 1 amide bonds. The largest absolute Gasteiger partial charge is 0.508 e.